The highest BCUT2D eigenvalue weighted by Crippen LogP contribution is 2.05. The number of carbonyl (C=O) groups excluding carboxylic acids is 2. The van der Waals surface area contributed by atoms with E-state index in [4.69, 9.17) is 0 Å². The summed E-state index contributed by atoms with van der Waals surface area (Å²) in [7, 11) is 1.59. The van der Waals surface area contributed by atoms with Crippen LogP contribution in [0.4, 0.5) is 4.79 Å². The maximum Gasteiger partial charge on any atom is 0.315 e. The molecule has 0 aliphatic carbocycles. The maximum absolute atomic E-state index is 11.9. The molecular formula is C19H21N5O2. The van der Waals surface area contributed by atoms with Gasteiger partial charge in [0.1, 0.15) is 5.65 Å². The first-order valence-electron chi connectivity index (χ1n) is 8.41. The third-order valence-electron chi connectivity index (χ3n) is 3.98. The summed E-state index contributed by atoms with van der Waals surface area (Å²) in [5, 5.41) is 8.19. The first-order chi connectivity index (χ1) is 12.7. The number of aromatic nitrogens is 2. The molecule has 0 saturated heterocycles. The molecule has 0 bridgehead atoms. The number of imidazole rings is 1. The van der Waals surface area contributed by atoms with E-state index in [-0.39, 0.29) is 11.9 Å². The Morgan fingerprint density at radius 1 is 1.08 bits per heavy atom. The van der Waals surface area contributed by atoms with Crippen LogP contribution in [0.15, 0.2) is 54.9 Å². The number of pyridine rings is 1. The minimum atomic E-state index is -0.232. The van der Waals surface area contributed by atoms with E-state index < -0.39 is 0 Å². The molecule has 2 heterocycles. The van der Waals surface area contributed by atoms with E-state index >= 15 is 0 Å². The number of benzene rings is 1. The predicted molar refractivity (Wildman–Crippen MR) is 99.0 cm³/mol. The van der Waals surface area contributed by atoms with Crippen LogP contribution in [0.25, 0.3) is 5.65 Å². The van der Waals surface area contributed by atoms with Crippen LogP contribution < -0.4 is 16.0 Å². The first-order valence-corrected chi connectivity index (χ1v) is 8.41. The Kier molecular flexibility index (Phi) is 5.48. The molecular weight excluding hydrogens is 330 g/mol. The number of rotatable bonds is 6. The lowest BCUT2D eigenvalue weighted by Gasteiger charge is -2.07. The number of fused-ring (bicyclic) bond motifs is 1. The van der Waals surface area contributed by atoms with Crippen molar-refractivity contribution in [3.63, 3.8) is 0 Å². The molecule has 7 heteroatoms. The molecule has 7 nitrogen and oxygen atoms in total. The largest absolute Gasteiger partial charge is 0.355 e. The van der Waals surface area contributed by atoms with Crippen LogP contribution in [-0.2, 0) is 13.0 Å². The number of hydrogen-bond acceptors (Lipinski definition) is 3. The van der Waals surface area contributed by atoms with Gasteiger partial charge in [0.2, 0.25) is 0 Å². The van der Waals surface area contributed by atoms with Crippen molar-refractivity contribution in [3.8, 4) is 0 Å². The standard InChI is InChI=1S/C19H21N5O2/c1-20-18(25)15-7-5-14(6-8-15)12-22-19(26)21-10-9-16-13-24-11-3-2-4-17(24)23-16/h2-8,11,13H,9-10,12H2,1H3,(H,20,25)(H2,21,22,26). The quantitative estimate of drug-likeness (QED) is 0.632. The van der Waals surface area contributed by atoms with Gasteiger partial charge in [-0.2, -0.15) is 0 Å². The van der Waals surface area contributed by atoms with E-state index in [1.807, 2.05) is 47.1 Å². The summed E-state index contributed by atoms with van der Waals surface area (Å²) in [6.45, 7) is 0.902. The molecule has 0 spiro atoms. The molecule has 0 unspecified atom stereocenters. The second kappa shape index (κ2) is 8.15. The topological polar surface area (TPSA) is 87.5 Å². The van der Waals surface area contributed by atoms with Crippen molar-refractivity contribution in [3.05, 3.63) is 71.7 Å². The molecule has 0 atom stereocenters. The van der Waals surface area contributed by atoms with Crippen LogP contribution in [-0.4, -0.2) is 34.9 Å². The highest BCUT2D eigenvalue weighted by Gasteiger charge is 2.05. The minimum Gasteiger partial charge on any atom is -0.355 e. The van der Waals surface area contributed by atoms with Crippen molar-refractivity contribution < 1.29 is 9.59 Å². The Labute approximate surface area is 151 Å². The molecule has 1 aromatic carbocycles. The van der Waals surface area contributed by atoms with E-state index in [1.54, 1.807) is 19.2 Å². The lowest BCUT2D eigenvalue weighted by atomic mass is 10.1. The molecule has 3 rings (SSSR count). The SMILES string of the molecule is CNC(=O)c1ccc(CNC(=O)NCCc2cn3ccccc3n2)cc1. The summed E-state index contributed by atoms with van der Waals surface area (Å²) in [4.78, 5) is 27.9. The zero-order chi connectivity index (χ0) is 18.4. The van der Waals surface area contributed by atoms with Gasteiger partial charge in [-0.1, -0.05) is 18.2 Å². The van der Waals surface area contributed by atoms with Gasteiger partial charge in [0.15, 0.2) is 0 Å². The summed E-state index contributed by atoms with van der Waals surface area (Å²) >= 11 is 0. The van der Waals surface area contributed by atoms with Crippen LogP contribution >= 0.6 is 0 Å². The molecule has 134 valence electrons. The Morgan fingerprint density at radius 2 is 1.88 bits per heavy atom. The Morgan fingerprint density at radius 3 is 2.62 bits per heavy atom. The lowest BCUT2D eigenvalue weighted by Crippen LogP contribution is -2.36. The first kappa shape index (κ1) is 17.5. The monoisotopic (exact) mass is 351 g/mol. The number of nitrogens with one attached hydrogen (secondary N) is 3. The normalized spacial score (nSPS) is 10.5. The Hall–Kier alpha value is -3.35. The van der Waals surface area contributed by atoms with Crippen LogP contribution in [0.2, 0.25) is 0 Å². The number of amides is 3. The zero-order valence-electron chi connectivity index (χ0n) is 14.5. The summed E-state index contributed by atoms with van der Waals surface area (Å²) in [6, 6.07) is 12.7. The molecule has 3 amide bonds. The van der Waals surface area contributed by atoms with Gasteiger partial charge >= 0.3 is 6.03 Å². The van der Waals surface area contributed by atoms with E-state index in [0.29, 0.717) is 25.1 Å². The lowest BCUT2D eigenvalue weighted by molar-refractivity contribution is 0.0963. The van der Waals surface area contributed by atoms with Gasteiger partial charge in [0.25, 0.3) is 5.91 Å². The van der Waals surface area contributed by atoms with E-state index in [9.17, 15) is 9.59 Å². The van der Waals surface area contributed by atoms with Crippen LogP contribution in [0.3, 0.4) is 0 Å². The molecule has 3 N–H and O–H groups in total. The van der Waals surface area contributed by atoms with Crippen molar-refractivity contribution in [1.82, 2.24) is 25.3 Å². The van der Waals surface area contributed by atoms with Gasteiger partial charge in [-0.15, -0.1) is 0 Å². The molecule has 0 saturated carbocycles. The number of carbonyl (C=O) groups is 2. The van der Waals surface area contributed by atoms with Crippen molar-refractivity contribution in [1.29, 1.82) is 0 Å². The number of hydrogen-bond donors (Lipinski definition) is 3. The zero-order valence-corrected chi connectivity index (χ0v) is 14.5. The van der Waals surface area contributed by atoms with Crippen LogP contribution in [0.5, 0.6) is 0 Å². The fraction of sp³-hybridized carbons (Fsp3) is 0.211. The van der Waals surface area contributed by atoms with Crippen LogP contribution in [0, 0.1) is 0 Å². The van der Waals surface area contributed by atoms with Gasteiger partial charge < -0.3 is 20.4 Å². The summed E-state index contributed by atoms with van der Waals surface area (Å²) in [5.41, 5.74) is 3.34. The molecule has 0 radical (unpaired) electrons. The molecule has 0 aliphatic heterocycles. The predicted octanol–water partition coefficient (Wildman–Crippen LogP) is 1.74. The minimum absolute atomic E-state index is 0.130. The van der Waals surface area contributed by atoms with Gasteiger partial charge in [0.05, 0.1) is 5.69 Å². The van der Waals surface area contributed by atoms with Crippen molar-refractivity contribution in [2.45, 2.75) is 13.0 Å². The second-order valence-electron chi connectivity index (χ2n) is 5.83. The van der Waals surface area contributed by atoms with Crippen LogP contribution in [0.1, 0.15) is 21.6 Å². The van der Waals surface area contributed by atoms with Gasteiger partial charge in [-0.3, -0.25) is 4.79 Å². The summed E-state index contributed by atoms with van der Waals surface area (Å²) in [6.07, 6.45) is 4.57. The Balaban J connectivity index is 1.42. The number of nitrogens with zero attached hydrogens (tertiary/aromatic N) is 2. The van der Waals surface area contributed by atoms with Gasteiger partial charge in [-0.05, 0) is 29.8 Å². The van der Waals surface area contributed by atoms with Crippen molar-refractivity contribution in [2.24, 2.45) is 0 Å². The molecule has 26 heavy (non-hydrogen) atoms. The smallest absolute Gasteiger partial charge is 0.315 e. The number of urea groups is 1. The highest BCUT2D eigenvalue weighted by molar-refractivity contribution is 5.93. The van der Waals surface area contributed by atoms with Crippen molar-refractivity contribution in [2.75, 3.05) is 13.6 Å². The third-order valence-corrected chi connectivity index (χ3v) is 3.98. The van der Waals surface area contributed by atoms with Gasteiger partial charge in [0, 0.05) is 44.5 Å². The Bertz CT molecular complexity index is 869. The fourth-order valence-corrected chi connectivity index (χ4v) is 2.57. The van der Waals surface area contributed by atoms with E-state index in [0.717, 1.165) is 16.9 Å². The van der Waals surface area contributed by atoms with Gasteiger partial charge in [-0.25, -0.2) is 9.78 Å². The molecule has 3 aromatic rings. The summed E-state index contributed by atoms with van der Waals surface area (Å²) in [5.74, 6) is -0.130. The molecule has 0 fully saturated rings. The average Bonchev–Trinajstić information content (AvgIpc) is 3.09. The summed E-state index contributed by atoms with van der Waals surface area (Å²) < 4.78 is 1.96. The third kappa shape index (κ3) is 4.38. The molecule has 2 aromatic heterocycles. The highest BCUT2D eigenvalue weighted by atomic mass is 16.2. The second-order valence-corrected chi connectivity index (χ2v) is 5.83. The van der Waals surface area contributed by atoms with Crippen molar-refractivity contribution >= 4 is 17.6 Å². The van der Waals surface area contributed by atoms with E-state index in [2.05, 4.69) is 20.9 Å². The average molecular weight is 351 g/mol. The fourth-order valence-electron chi connectivity index (χ4n) is 2.57. The maximum atomic E-state index is 11.9. The van der Waals surface area contributed by atoms with E-state index in [1.165, 1.54) is 0 Å². The molecule has 0 aliphatic rings.